The minimum atomic E-state index is 0.0125. The van der Waals surface area contributed by atoms with E-state index in [0.717, 1.165) is 39.3 Å². The molecule has 0 spiro atoms. The van der Waals surface area contributed by atoms with Crippen molar-refractivity contribution < 1.29 is 0 Å². The van der Waals surface area contributed by atoms with Crippen LogP contribution in [0.15, 0.2) is 170 Å². The van der Waals surface area contributed by atoms with Crippen LogP contribution in [-0.4, -0.2) is 9.97 Å². The van der Waals surface area contributed by atoms with Crippen LogP contribution in [0, 0.1) is 0 Å². The van der Waals surface area contributed by atoms with E-state index in [1.807, 2.05) is 12.1 Å². The van der Waals surface area contributed by atoms with E-state index >= 15 is 0 Å². The van der Waals surface area contributed by atoms with Crippen molar-refractivity contribution >= 4 is 10.8 Å². The molecule has 0 atom stereocenters. The summed E-state index contributed by atoms with van der Waals surface area (Å²) in [5, 5.41) is 2.31. The average molecular weight is 627 g/mol. The van der Waals surface area contributed by atoms with Gasteiger partial charge in [0, 0.05) is 22.1 Å². The van der Waals surface area contributed by atoms with Gasteiger partial charge in [-0.1, -0.05) is 166 Å². The molecule has 0 unspecified atom stereocenters. The number of nitrogens with zero attached hydrogens (tertiary/aromatic N) is 2. The van der Waals surface area contributed by atoms with Gasteiger partial charge in [0.05, 0.1) is 11.4 Å². The predicted molar refractivity (Wildman–Crippen MR) is 204 cm³/mol. The van der Waals surface area contributed by atoms with E-state index in [0.29, 0.717) is 0 Å². The van der Waals surface area contributed by atoms with Gasteiger partial charge in [0.25, 0.3) is 0 Å². The Hall–Kier alpha value is -6.12. The molecule has 0 aliphatic heterocycles. The Kier molecular flexibility index (Phi) is 6.84. The van der Waals surface area contributed by atoms with Crippen molar-refractivity contribution in [2.75, 3.05) is 0 Å². The first-order chi connectivity index (χ1) is 24.0. The van der Waals surface area contributed by atoms with Crippen LogP contribution < -0.4 is 0 Å². The van der Waals surface area contributed by atoms with Gasteiger partial charge < -0.3 is 0 Å². The Bertz CT molecular complexity index is 2440. The van der Waals surface area contributed by atoms with Crippen LogP contribution in [0.5, 0.6) is 0 Å². The molecule has 0 radical (unpaired) electrons. The molecule has 232 valence electrons. The van der Waals surface area contributed by atoms with Gasteiger partial charge in [-0.3, -0.25) is 0 Å². The molecule has 1 aliphatic rings. The predicted octanol–water partition coefficient (Wildman–Crippen LogP) is 12.3. The smallest absolute Gasteiger partial charge is 0.161 e. The highest BCUT2D eigenvalue weighted by molar-refractivity contribution is 6.04. The highest BCUT2D eigenvalue weighted by atomic mass is 14.9. The van der Waals surface area contributed by atoms with E-state index in [4.69, 9.17) is 9.97 Å². The van der Waals surface area contributed by atoms with Gasteiger partial charge in [-0.2, -0.15) is 0 Å². The molecule has 0 bridgehead atoms. The van der Waals surface area contributed by atoms with E-state index in [2.05, 4.69) is 172 Å². The fourth-order valence-electron chi connectivity index (χ4n) is 7.57. The molecule has 8 aromatic rings. The van der Waals surface area contributed by atoms with Crippen molar-refractivity contribution in [1.82, 2.24) is 9.97 Å². The number of rotatable bonds is 5. The fraction of sp³-hybridized carbons (Fsp3) is 0.0638. The lowest BCUT2D eigenvalue weighted by Gasteiger charge is -2.21. The zero-order valence-corrected chi connectivity index (χ0v) is 27.6. The lowest BCUT2D eigenvalue weighted by atomic mass is 9.82. The van der Waals surface area contributed by atoms with Crippen LogP contribution in [0.25, 0.3) is 78.1 Å². The van der Waals surface area contributed by atoms with Gasteiger partial charge in [-0.25, -0.2) is 9.97 Å². The van der Waals surface area contributed by atoms with Crippen LogP contribution in [0.4, 0.5) is 0 Å². The molecular formula is C47H34N2. The zero-order chi connectivity index (χ0) is 33.0. The molecule has 0 N–H and O–H groups in total. The quantitative estimate of drug-likeness (QED) is 0.190. The molecule has 0 saturated heterocycles. The summed E-state index contributed by atoms with van der Waals surface area (Å²) in [7, 11) is 0. The third kappa shape index (κ3) is 4.96. The molecular weight excluding hydrogens is 593 g/mol. The lowest BCUT2D eigenvalue weighted by molar-refractivity contribution is 0.660. The first kappa shape index (κ1) is 29.1. The second-order valence-corrected chi connectivity index (χ2v) is 13.4. The summed E-state index contributed by atoms with van der Waals surface area (Å²) in [4.78, 5) is 10.3. The van der Waals surface area contributed by atoms with Crippen LogP contribution in [-0.2, 0) is 5.41 Å². The molecule has 2 nitrogen and oxygen atoms in total. The number of hydrogen-bond acceptors (Lipinski definition) is 2. The van der Waals surface area contributed by atoms with E-state index < -0.39 is 0 Å². The van der Waals surface area contributed by atoms with Gasteiger partial charge in [0.2, 0.25) is 0 Å². The highest BCUT2D eigenvalue weighted by Crippen LogP contribution is 2.49. The third-order valence-electron chi connectivity index (χ3n) is 10.1. The summed E-state index contributed by atoms with van der Waals surface area (Å²) in [6.07, 6.45) is 0. The molecule has 0 fully saturated rings. The van der Waals surface area contributed by atoms with E-state index in [1.165, 1.54) is 49.9 Å². The number of hydrogen-bond donors (Lipinski definition) is 0. The van der Waals surface area contributed by atoms with E-state index in [-0.39, 0.29) is 5.41 Å². The SMILES string of the molecule is CC1(C)c2ccccc2-c2cc(-c3ccc(-c4ccc(-c5nc(-c6ccccc6)cc(-c6ccccc6)n5)c5ccccc45)cc3)ccc21. The monoisotopic (exact) mass is 626 g/mol. The maximum absolute atomic E-state index is 5.13. The van der Waals surface area contributed by atoms with Crippen molar-refractivity contribution in [3.63, 3.8) is 0 Å². The van der Waals surface area contributed by atoms with E-state index in [1.54, 1.807) is 0 Å². The third-order valence-corrected chi connectivity index (χ3v) is 10.1. The first-order valence-electron chi connectivity index (χ1n) is 16.9. The molecule has 49 heavy (non-hydrogen) atoms. The number of aromatic nitrogens is 2. The van der Waals surface area contributed by atoms with Gasteiger partial charge in [0.1, 0.15) is 0 Å². The Balaban J connectivity index is 1.12. The summed E-state index contributed by atoms with van der Waals surface area (Å²) in [6.45, 7) is 4.66. The Morgan fingerprint density at radius 2 is 0.857 bits per heavy atom. The minimum absolute atomic E-state index is 0.0125. The lowest BCUT2D eigenvalue weighted by Crippen LogP contribution is -2.14. The van der Waals surface area contributed by atoms with Gasteiger partial charge in [-0.05, 0) is 73.5 Å². The zero-order valence-electron chi connectivity index (χ0n) is 27.6. The molecule has 1 aliphatic carbocycles. The van der Waals surface area contributed by atoms with Crippen molar-refractivity contribution in [3.05, 3.63) is 181 Å². The molecule has 1 aromatic heterocycles. The average Bonchev–Trinajstić information content (AvgIpc) is 3.40. The van der Waals surface area contributed by atoms with Crippen LogP contribution >= 0.6 is 0 Å². The maximum Gasteiger partial charge on any atom is 0.161 e. The summed E-state index contributed by atoms with van der Waals surface area (Å²) in [5.41, 5.74) is 15.3. The fourth-order valence-corrected chi connectivity index (χ4v) is 7.57. The van der Waals surface area contributed by atoms with Crippen LogP contribution in [0.1, 0.15) is 25.0 Å². The van der Waals surface area contributed by atoms with Gasteiger partial charge >= 0.3 is 0 Å². The van der Waals surface area contributed by atoms with E-state index in [9.17, 15) is 0 Å². The maximum atomic E-state index is 5.13. The van der Waals surface area contributed by atoms with Crippen molar-refractivity contribution in [3.8, 4) is 67.3 Å². The van der Waals surface area contributed by atoms with Crippen LogP contribution in [0.2, 0.25) is 0 Å². The minimum Gasteiger partial charge on any atom is -0.228 e. The highest BCUT2D eigenvalue weighted by Gasteiger charge is 2.35. The first-order valence-corrected chi connectivity index (χ1v) is 16.9. The molecule has 7 aromatic carbocycles. The largest absolute Gasteiger partial charge is 0.228 e. The molecule has 0 amide bonds. The summed E-state index contributed by atoms with van der Waals surface area (Å²) >= 11 is 0. The summed E-state index contributed by atoms with van der Waals surface area (Å²) in [6, 6.07) is 60.6. The summed E-state index contributed by atoms with van der Waals surface area (Å²) in [5.74, 6) is 0.722. The van der Waals surface area contributed by atoms with Crippen molar-refractivity contribution in [2.24, 2.45) is 0 Å². The van der Waals surface area contributed by atoms with Crippen molar-refractivity contribution in [1.29, 1.82) is 0 Å². The standard InChI is InChI=1S/C47H34N2/c1-47(2)42-20-12-11-19-39(42)41-29-35(25-28-43(41)47)31-21-23-32(24-22-31)36-26-27-40(38-18-10-9-17-37(36)38)46-48-44(33-13-5-3-6-14-33)30-45(49-46)34-15-7-4-8-16-34/h3-30H,1-2H3. The number of benzene rings is 7. The summed E-state index contributed by atoms with van der Waals surface area (Å²) < 4.78 is 0. The molecule has 0 saturated carbocycles. The normalized spacial score (nSPS) is 12.9. The second kappa shape index (κ2) is 11.5. The molecule has 2 heteroatoms. The Labute approximate surface area is 287 Å². The van der Waals surface area contributed by atoms with Crippen molar-refractivity contribution in [2.45, 2.75) is 19.3 Å². The Morgan fingerprint density at radius 1 is 0.347 bits per heavy atom. The van der Waals surface area contributed by atoms with Crippen LogP contribution in [0.3, 0.4) is 0 Å². The van der Waals surface area contributed by atoms with Gasteiger partial charge in [0.15, 0.2) is 5.82 Å². The Morgan fingerprint density at radius 3 is 1.53 bits per heavy atom. The molecule has 1 heterocycles. The number of fused-ring (bicyclic) bond motifs is 4. The topological polar surface area (TPSA) is 25.8 Å². The second-order valence-electron chi connectivity index (χ2n) is 13.4. The molecule has 9 rings (SSSR count). The van der Waals surface area contributed by atoms with Gasteiger partial charge in [-0.15, -0.1) is 0 Å².